The summed E-state index contributed by atoms with van der Waals surface area (Å²) in [7, 11) is 4.51. The number of hydrogen-bond donors (Lipinski definition) is 1. The Hall–Kier alpha value is -3.22. The summed E-state index contributed by atoms with van der Waals surface area (Å²) in [6, 6.07) is 12.1. The highest BCUT2D eigenvalue weighted by Gasteiger charge is 2.16. The standard InChI is InChI=1S/C19H21NO6/c1-23-14-6-4-5-13(9-14)11-20-18(21)12-26-19(22)16-10-15(24-2)7-8-17(16)25-3/h4-10H,11-12H2,1-3H3,(H,20,21). The summed E-state index contributed by atoms with van der Waals surface area (Å²) in [5, 5.41) is 2.68. The number of benzene rings is 2. The van der Waals surface area contributed by atoms with E-state index in [1.165, 1.54) is 20.3 Å². The molecule has 0 aliphatic heterocycles. The zero-order valence-corrected chi connectivity index (χ0v) is 14.9. The lowest BCUT2D eigenvalue weighted by molar-refractivity contribution is -0.124. The van der Waals surface area contributed by atoms with E-state index in [1.54, 1.807) is 19.2 Å². The predicted molar refractivity (Wildman–Crippen MR) is 94.7 cm³/mol. The topological polar surface area (TPSA) is 83.1 Å². The third kappa shape index (κ3) is 5.14. The molecule has 0 spiro atoms. The number of carbonyl (C=O) groups excluding carboxylic acids is 2. The van der Waals surface area contributed by atoms with E-state index in [0.717, 1.165) is 5.56 Å². The van der Waals surface area contributed by atoms with Gasteiger partial charge < -0.3 is 24.3 Å². The van der Waals surface area contributed by atoms with Gasteiger partial charge >= 0.3 is 5.97 Å². The zero-order chi connectivity index (χ0) is 18.9. The maximum Gasteiger partial charge on any atom is 0.342 e. The van der Waals surface area contributed by atoms with E-state index in [9.17, 15) is 9.59 Å². The van der Waals surface area contributed by atoms with Crippen molar-refractivity contribution < 1.29 is 28.5 Å². The number of rotatable bonds is 8. The summed E-state index contributed by atoms with van der Waals surface area (Å²) in [5.41, 5.74) is 1.06. The second-order valence-electron chi connectivity index (χ2n) is 5.27. The van der Waals surface area contributed by atoms with Crippen LogP contribution in [0.5, 0.6) is 17.2 Å². The molecule has 0 aromatic heterocycles. The first-order valence-electron chi connectivity index (χ1n) is 7.86. The molecule has 0 saturated heterocycles. The van der Waals surface area contributed by atoms with Gasteiger partial charge in [-0.05, 0) is 35.9 Å². The molecule has 1 amide bonds. The first-order valence-corrected chi connectivity index (χ1v) is 7.86. The van der Waals surface area contributed by atoms with Gasteiger partial charge in [0.2, 0.25) is 0 Å². The highest BCUT2D eigenvalue weighted by Crippen LogP contribution is 2.24. The van der Waals surface area contributed by atoms with E-state index >= 15 is 0 Å². The fourth-order valence-electron chi connectivity index (χ4n) is 2.22. The zero-order valence-electron chi connectivity index (χ0n) is 14.9. The lowest BCUT2D eigenvalue weighted by Gasteiger charge is -2.11. The summed E-state index contributed by atoms with van der Waals surface area (Å²) < 4.78 is 20.4. The van der Waals surface area contributed by atoms with Gasteiger partial charge in [0.25, 0.3) is 5.91 Å². The van der Waals surface area contributed by atoms with Crippen molar-refractivity contribution >= 4 is 11.9 Å². The van der Waals surface area contributed by atoms with E-state index in [2.05, 4.69) is 5.32 Å². The van der Waals surface area contributed by atoms with Gasteiger partial charge in [0, 0.05) is 6.54 Å². The molecule has 7 nitrogen and oxygen atoms in total. The van der Waals surface area contributed by atoms with Crippen molar-refractivity contribution in [3.63, 3.8) is 0 Å². The molecule has 2 aromatic rings. The number of esters is 1. The van der Waals surface area contributed by atoms with Crippen molar-refractivity contribution in [3.8, 4) is 17.2 Å². The van der Waals surface area contributed by atoms with Crippen molar-refractivity contribution in [1.29, 1.82) is 0 Å². The molecule has 0 aliphatic carbocycles. The van der Waals surface area contributed by atoms with Crippen molar-refractivity contribution in [2.24, 2.45) is 0 Å². The summed E-state index contributed by atoms with van der Waals surface area (Å²) >= 11 is 0. The van der Waals surface area contributed by atoms with Crippen LogP contribution in [-0.2, 0) is 16.1 Å². The van der Waals surface area contributed by atoms with Crippen LogP contribution >= 0.6 is 0 Å². The van der Waals surface area contributed by atoms with Crippen LogP contribution in [-0.4, -0.2) is 39.8 Å². The van der Waals surface area contributed by atoms with Gasteiger partial charge in [0.05, 0.1) is 21.3 Å². The van der Waals surface area contributed by atoms with Crippen LogP contribution in [0, 0.1) is 0 Å². The molecule has 1 N–H and O–H groups in total. The van der Waals surface area contributed by atoms with Gasteiger partial charge in [0.1, 0.15) is 22.8 Å². The van der Waals surface area contributed by atoms with Crippen LogP contribution in [0.15, 0.2) is 42.5 Å². The van der Waals surface area contributed by atoms with E-state index in [1.807, 2.05) is 24.3 Å². The number of carbonyl (C=O) groups is 2. The number of hydrogen-bond acceptors (Lipinski definition) is 6. The van der Waals surface area contributed by atoms with Crippen LogP contribution < -0.4 is 19.5 Å². The summed E-state index contributed by atoms with van der Waals surface area (Å²) in [6.07, 6.45) is 0. The number of nitrogens with one attached hydrogen (secondary N) is 1. The van der Waals surface area contributed by atoms with Crippen LogP contribution in [0.2, 0.25) is 0 Å². The van der Waals surface area contributed by atoms with Gasteiger partial charge in [-0.1, -0.05) is 12.1 Å². The number of ether oxygens (including phenoxy) is 4. The first-order chi connectivity index (χ1) is 12.6. The smallest absolute Gasteiger partial charge is 0.342 e. The molecule has 138 valence electrons. The largest absolute Gasteiger partial charge is 0.497 e. The molecule has 26 heavy (non-hydrogen) atoms. The Morgan fingerprint density at radius 2 is 1.65 bits per heavy atom. The first kappa shape index (κ1) is 19.1. The quantitative estimate of drug-likeness (QED) is 0.728. The number of amides is 1. The van der Waals surface area contributed by atoms with Crippen molar-refractivity contribution in [1.82, 2.24) is 5.32 Å². The van der Waals surface area contributed by atoms with Crippen LogP contribution in [0.3, 0.4) is 0 Å². The average Bonchev–Trinajstić information content (AvgIpc) is 2.69. The van der Waals surface area contributed by atoms with Gasteiger partial charge in [-0.3, -0.25) is 4.79 Å². The van der Waals surface area contributed by atoms with Gasteiger partial charge in [-0.25, -0.2) is 4.79 Å². The van der Waals surface area contributed by atoms with Crippen molar-refractivity contribution in [2.75, 3.05) is 27.9 Å². The Bertz CT molecular complexity index is 774. The molecule has 7 heteroatoms. The monoisotopic (exact) mass is 359 g/mol. The predicted octanol–water partition coefficient (Wildman–Crippen LogP) is 2.19. The minimum Gasteiger partial charge on any atom is -0.497 e. The lowest BCUT2D eigenvalue weighted by Crippen LogP contribution is -2.28. The molecular formula is C19H21NO6. The second-order valence-corrected chi connectivity index (χ2v) is 5.27. The van der Waals surface area contributed by atoms with Crippen LogP contribution in [0.4, 0.5) is 0 Å². The van der Waals surface area contributed by atoms with E-state index in [4.69, 9.17) is 18.9 Å². The Morgan fingerprint density at radius 3 is 2.35 bits per heavy atom. The minimum absolute atomic E-state index is 0.187. The SMILES string of the molecule is COc1cccc(CNC(=O)COC(=O)c2cc(OC)ccc2OC)c1. The molecule has 0 aliphatic rings. The maximum atomic E-state index is 12.2. The van der Waals surface area contributed by atoms with Gasteiger partial charge in [0.15, 0.2) is 6.61 Å². The summed E-state index contributed by atoms with van der Waals surface area (Å²) in [6.45, 7) is -0.0980. The lowest BCUT2D eigenvalue weighted by atomic mass is 10.2. The average molecular weight is 359 g/mol. The fraction of sp³-hybridized carbons (Fsp3) is 0.263. The van der Waals surface area contributed by atoms with E-state index < -0.39 is 18.5 Å². The minimum atomic E-state index is -0.669. The van der Waals surface area contributed by atoms with E-state index in [-0.39, 0.29) is 5.56 Å². The van der Waals surface area contributed by atoms with E-state index in [0.29, 0.717) is 23.8 Å². The third-order valence-electron chi connectivity index (χ3n) is 3.58. The molecule has 0 radical (unpaired) electrons. The molecule has 0 fully saturated rings. The number of methoxy groups -OCH3 is 3. The van der Waals surface area contributed by atoms with Gasteiger partial charge in [-0.15, -0.1) is 0 Å². The Kier molecular flexibility index (Phi) is 6.84. The van der Waals surface area contributed by atoms with Gasteiger partial charge in [-0.2, -0.15) is 0 Å². The van der Waals surface area contributed by atoms with Crippen LogP contribution in [0.1, 0.15) is 15.9 Å². The normalized spacial score (nSPS) is 9.96. The molecular weight excluding hydrogens is 338 g/mol. The van der Waals surface area contributed by atoms with Crippen molar-refractivity contribution in [2.45, 2.75) is 6.54 Å². The highest BCUT2D eigenvalue weighted by molar-refractivity contribution is 5.94. The maximum absolute atomic E-state index is 12.2. The molecule has 2 rings (SSSR count). The molecule has 0 atom stereocenters. The third-order valence-corrected chi connectivity index (χ3v) is 3.58. The summed E-state index contributed by atoms with van der Waals surface area (Å²) in [5.74, 6) is 0.446. The second kappa shape index (κ2) is 9.31. The van der Waals surface area contributed by atoms with Crippen molar-refractivity contribution in [3.05, 3.63) is 53.6 Å². The molecule has 2 aromatic carbocycles. The molecule has 0 heterocycles. The molecule has 0 bridgehead atoms. The Morgan fingerprint density at radius 1 is 0.923 bits per heavy atom. The molecule has 0 saturated carbocycles. The Labute approximate surface area is 151 Å². The highest BCUT2D eigenvalue weighted by atomic mass is 16.5. The fourth-order valence-corrected chi connectivity index (χ4v) is 2.22. The Balaban J connectivity index is 1.89. The van der Waals surface area contributed by atoms with Crippen LogP contribution in [0.25, 0.3) is 0 Å². The summed E-state index contributed by atoms with van der Waals surface area (Å²) in [4.78, 5) is 24.1. The molecule has 0 unspecified atom stereocenters.